The van der Waals surface area contributed by atoms with Crippen LogP contribution in [-0.2, 0) is 22.6 Å². The molecule has 0 aliphatic rings. The molecule has 2 heterocycles. The average Bonchev–Trinajstić information content (AvgIpc) is 3.27. The second-order valence-corrected chi connectivity index (χ2v) is 9.89. The van der Waals surface area contributed by atoms with Crippen LogP contribution in [0, 0.1) is 17.6 Å². The number of H-pyrrole nitrogens is 1. The van der Waals surface area contributed by atoms with E-state index in [4.69, 9.17) is 5.11 Å². The van der Waals surface area contributed by atoms with E-state index in [-0.39, 0.29) is 60.2 Å². The number of halogens is 2. The normalized spacial score (nSPS) is 12.2. The monoisotopic (exact) mass is 558 g/mol. The maximum atomic E-state index is 14.5. The Morgan fingerprint density at radius 1 is 1.25 bits per heavy atom. The quantitative estimate of drug-likeness (QED) is 0.266. The van der Waals surface area contributed by atoms with Crippen LogP contribution in [0.2, 0.25) is 0 Å². The van der Waals surface area contributed by atoms with Crippen molar-refractivity contribution in [2.24, 2.45) is 5.92 Å². The lowest BCUT2D eigenvalue weighted by Crippen LogP contribution is -2.44. The van der Waals surface area contributed by atoms with Gasteiger partial charge in [-0.2, -0.15) is 0 Å². The molecular formula is C27H32F2N6O5. The number of likely N-dealkylation sites (N-methyl/N-ethyl adjacent to an activating group) is 1. The highest BCUT2D eigenvalue weighted by Gasteiger charge is 2.22. The van der Waals surface area contributed by atoms with Crippen LogP contribution in [0.3, 0.4) is 0 Å². The van der Waals surface area contributed by atoms with Gasteiger partial charge >= 0.3 is 6.09 Å². The summed E-state index contributed by atoms with van der Waals surface area (Å²) >= 11 is 0. The molecule has 0 aliphatic heterocycles. The minimum absolute atomic E-state index is 0.0428. The number of nitrogens with zero attached hydrogens (tertiary/aromatic N) is 3. The summed E-state index contributed by atoms with van der Waals surface area (Å²) in [7, 11) is 3.17. The molecule has 3 rings (SSSR count). The number of rotatable bonds is 11. The fourth-order valence-corrected chi connectivity index (χ4v) is 4.04. The number of aromatic amines is 1. The summed E-state index contributed by atoms with van der Waals surface area (Å²) in [6, 6.07) is 2.69. The number of aromatic nitrogens is 3. The molecular weight excluding hydrogens is 526 g/mol. The van der Waals surface area contributed by atoms with E-state index in [0.29, 0.717) is 5.52 Å². The molecule has 214 valence electrons. The Morgan fingerprint density at radius 3 is 2.62 bits per heavy atom. The first-order valence-electron chi connectivity index (χ1n) is 12.6. The summed E-state index contributed by atoms with van der Waals surface area (Å²) in [6.07, 6.45) is 3.44. The molecule has 0 unspecified atom stereocenters. The summed E-state index contributed by atoms with van der Waals surface area (Å²) in [4.78, 5) is 57.5. The van der Waals surface area contributed by atoms with E-state index in [0.717, 1.165) is 6.07 Å². The highest BCUT2D eigenvalue weighted by Crippen LogP contribution is 2.25. The molecule has 0 fully saturated rings. The Hall–Kier alpha value is -4.55. The molecule has 0 aliphatic carbocycles. The zero-order valence-electron chi connectivity index (χ0n) is 22.6. The number of imidazole rings is 1. The van der Waals surface area contributed by atoms with Gasteiger partial charge in [-0.25, -0.2) is 18.6 Å². The number of nitrogens with one attached hydrogen (secondary N) is 3. The van der Waals surface area contributed by atoms with Crippen LogP contribution in [0.25, 0.3) is 11.0 Å². The molecule has 0 radical (unpaired) electrons. The Kier molecular flexibility index (Phi) is 9.75. The van der Waals surface area contributed by atoms with Crippen LogP contribution in [0.4, 0.5) is 19.3 Å². The van der Waals surface area contributed by atoms with E-state index in [2.05, 4.69) is 20.6 Å². The average molecular weight is 559 g/mol. The summed E-state index contributed by atoms with van der Waals surface area (Å²) < 4.78 is 29.9. The third-order valence-electron chi connectivity index (χ3n) is 5.97. The minimum Gasteiger partial charge on any atom is -0.465 e. The van der Waals surface area contributed by atoms with Gasteiger partial charge in [-0.3, -0.25) is 14.4 Å². The van der Waals surface area contributed by atoms with Crippen molar-refractivity contribution in [1.29, 1.82) is 0 Å². The molecule has 40 heavy (non-hydrogen) atoms. The number of pyridine rings is 1. The summed E-state index contributed by atoms with van der Waals surface area (Å²) in [5.74, 6) is -2.62. The molecule has 1 aromatic carbocycles. The van der Waals surface area contributed by atoms with Gasteiger partial charge in [0.05, 0.1) is 17.6 Å². The Morgan fingerprint density at radius 2 is 1.98 bits per heavy atom. The molecule has 3 amide bonds. The largest absolute Gasteiger partial charge is 0.465 e. The molecule has 2 aromatic heterocycles. The topological polar surface area (TPSA) is 149 Å². The van der Waals surface area contributed by atoms with Crippen molar-refractivity contribution >= 4 is 34.6 Å². The van der Waals surface area contributed by atoms with Crippen molar-refractivity contribution in [3.63, 3.8) is 0 Å². The van der Waals surface area contributed by atoms with Crippen LogP contribution in [0.5, 0.6) is 0 Å². The number of amides is 3. The zero-order chi connectivity index (χ0) is 29.6. The van der Waals surface area contributed by atoms with Crippen molar-refractivity contribution in [3.05, 3.63) is 69.9 Å². The van der Waals surface area contributed by atoms with Crippen LogP contribution in [0.1, 0.15) is 38.1 Å². The van der Waals surface area contributed by atoms with Crippen LogP contribution < -0.4 is 16.2 Å². The second kappa shape index (κ2) is 13.0. The summed E-state index contributed by atoms with van der Waals surface area (Å²) in [5.41, 5.74) is 0.0587. The third-order valence-corrected chi connectivity index (χ3v) is 5.97. The van der Waals surface area contributed by atoms with Crippen LogP contribution >= 0.6 is 0 Å². The SMILES string of the molecule is CC(C)Cc1c(F)c(F)cc2nc(Cn3cccc(NC(=O)[C@H](CC/C=C/C(=O)N(C)C)NC(=O)O)c3=O)[nH]c12. The number of carbonyl (C=O) groups excluding carboxylic acids is 2. The number of hydrogen-bond acceptors (Lipinski definition) is 5. The summed E-state index contributed by atoms with van der Waals surface area (Å²) in [6.45, 7) is 3.68. The lowest BCUT2D eigenvalue weighted by molar-refractivity contribution is -0.123. The first-order valence-corrected chi connectivity index (χ1v) is 12.6. The van der Waals surface area contributed by atoms with E-state index < -0.39 is 35.2 Å². The third kappa shape index (κ3) is 7.52. The molecule has 3 aromatic rings. The number of anilines is 1. The fourth-order valence-electron chi connectivity index (χ4n) is 4.04. The molecule has 13 heteroatoms. The van der Waals surface area contributed by atoms with Gasteiger partial charge in [0, 0.05) is 31.9 Å². The van der Waals surface area contributed by atoms with Gasteiger partial charge in [0.2, 0.25) is 11.8 Å². The van der Waals surface area contributed by atoms with Crippen molar-refractivity contribution in [3.8, 4) is 0 Å². The van der Waals surface area contributed by atoms with E-state index in [1.54, 1.807) is 14.1 Å². The zero-order valence-corrected chi connectivity index (χ0v) is 22.6. The summed E-state index contributed by atoms with van der Waals surface area (Å²) in [5, 5.41) is 13.7. The van der Waals surface area contributed by atoms with Gasteiger partial charge in [0.1, 0.15) is 17.6 Å². The number of fused-ring (bicyclic) bond motifs is 1. The smallest absolute Gasteiger partial charge is 0.405 e. The Labute approximate surface area is 228 Å². The first-order chi connectivity index (χ1) is 18.9. The molecule has 0 saturated heterocycles. The number of benzene rings is 1. The highest BCUT2D eigenvalue weighted by molar-refractivity contribution is 5.96. The number of carbonyl (C=O) groups is 3. The number of hydrogen-bond donors (Lipinski definition) is 4. The molecule has 11 nitrogen and oxygen atoms in total. The maximum Gasteiger partial charge on any atom is 0.405 e. The molecule has 0 spiro atoms. The molecule has 0 saturated carbocycles. The van der Waals surface area contributed by atoms with E-state index in [9.17, 15) is 28.0 Å². The fraction of sp³-hybridized carbons (Fsp3) is 0.370. The Balaban J connectivity index is 1.79. The van der Waals surface area contributed by atoms with E-state index >= 15 is 0 Å². The van der Waals surface area contributed by atoms with Crippen LogP contribution in [-0.4, -0.2) is 62.6 Å². The van der Waals surface area contributed by atoms with E-state index in [1.165, 1.54) is 39.9 Å². The van der Waals surface area contributed by atoms with Crippen molar-refractivity contribution < 1.29 is 28.3 Å². The molecule has 4 N–H and O–H groups in total. The second-order valence-electron chi connectivity index (χ2n) is 9.89. The van der Waals surface area contributed by atoms with Gasteiger partial charge < -0.3 is 30.2 Å². The van der Waals surface area contributed by atoms with Gasteiger partial charge in [-0.1, -0.05) is 19.9 Å². The highest BCUT2D eigenvalue weighted by atomic mass is 19.2. The molecule has 0 bridgehead atoms. The lowest BCUT2D eigenvalue weighted by Gasteiger charge is -2.16. The van der Waals surface area contributed by atoms with E-state index in [1.807, 2.05) is 13.8 Å². The predicted octanol–water partition coefficient (Wildman–Crippen LogP) is 3.25. The minimum atomic E-state index is -1.42. The lowest BCUT2D eigenvalue weighted by atomic mass is 10.0. The van der Waals surface area contributed by atoms with Crippen LogP contribution in [0.15, 0.2) is 41.3 Å². The molecule has 1 atom stereocenters. The van der Waals surface area contributed by atoms with Gasteiger partial charge in [-0.15, -0.1) is 0 Å². The van der Waals surface area contributed by atoms with Gasteiger partial charge in [0.25, 0.3) is 5.56 Å². The first kappa shape index (κ1) is 30.0. The van der Waals surface area contributed by atoms with Crippen molar-refractivity contribution in [2.75, 3.05) is 19.4 Å². The van der Waals surface area contributed by atoms with Crippen molar-refractivity contribution in [2.45, 2.75) is 45.7 Å². The predicted molar refractivity (Wildman–Crippen MR) is 145 cm³/mol. The maximum absolute atomic E-state index is 14.5. The van der Waals surface area contributed by atoms with Gasteiger partial charge in [0.15, 0.2) is 11.6 Å². The standard InChI is InChI=1S/C27H32F2N6O5/c1-15(2)12-16-23(29)17(28)13-20-24(16)33-21(30-20)14-35-11-7-9-19(26(35)38)31-25(37)18(32-27(39)40)8-5-6-10-22(36)34(3)4/h6-7,9-11,13,15,18,32H,5,8,12,14H2,1-4H3,(H,30,33)(H,31,37)(H,39,40)/b10-6+/t18-/m0/s1. The Bertz CT molecular complexity index is 1490. The van der Waals surface area contributed by atoms with Crippen molar-refractivity contribution in [1.82, 2.24) is 24.8 Å². The van der Waals surface area contributed by atoms with Gasteiger partial charge in [-0.05, 0) is 43.4 Å². The number of allylic oxidation sites excluding steroid dienone is 1. The number of carboxylic acid groups (broad SMARTS) is 1.